The lowest BCUT2D eigenvalue weighted by Crippen LogP contribution is -2.62. The summed E-state index contributed by atoms with van der Waals surface area (Å²) in [5, 5.41) is 7.99. The summed E-state index contributed by atoms with van der Waals surface area (Å²) in [4.78, 5) is 13.9. The van der Waals surface area contributed by atoms with E-state index in [0.29, 0.717) is 0 Å². The van der Waals surface area contributed by atoms with Crippen LogP contribution in [-0.2, 0) is 14.8 Å². The molecule has 0 radical (unpaired) electrons. The fraction of sp³-hybridized carbons (Fsp3) is 0.923. The van der Waals surface area contributed by atoms with E-state index < -0.39 is 15.3 Å². The fourth-order valence-electron chi connectivity index (χ4n) is 3.76. The summed E-state index contributed by atoms with van der Waals surface area (Å²) in [6, 6.07) is 0.0699. The van der Waals surface area contributed by atoms with Gasteiger partial charge in [0.05, 0.1) is 0 Å². The lowest BCUT2D eigenvalue weighted by atomic mass is 9.79. The van der Waals surface area contributed by atoms with E-state index in [4.69, 9.17) is 5.14 Å². The highest BCUT2D eigenvalue weighted by Crippen LogP contribution is 2.34. The molecule has 0 saturated carbocycles. The molecule has 2 saturated heterocycles. The predicted molar refractivity (Wildman–Crippen MR) is 77.5 cm³/mol. The summed E-state index contributed by atoms with van der Waals surface area (Å²) in [5.74, 6) is -0.0949. The van der Waals surface area contributed by atoms with Gasteiger partial charge < -0.3 is 10.2 Å². The van der Waals surface area contributed by atoms with Crippen molar-refractivity contribution in [1.82, 2.24) is 10.2 Å². The summed E-state index contributed by atoms with van der Waals surface area (Å²) in [7, 11) is -3.64. The molecule has 0 aromatic carbocycles. The van der Waals surface area contributed by atoms with Gasteiger partial charge in [-0.15, -0.1) is 0 Å². The van der Waals surface area contributed by atoms with Crippen LogP contribution in [0.25, 0.3) is 0 Å². The minimum atomic E-state index is -3.64. The molecular weight excluding hydrogens is 278 g/mol. The first-order chi connectivity index (χ1) is 8.90. The maximum atomic E-state index is 12.1. The number of hydrogen-bond acceptors (Lipinski definition) is 4. The van der Waals surface area contributed by atoms with Crippen LogP contribution in [0, 0.1) is 0 Å². The van der Waals surface area contributed by atoms with Crippen LogP contribution in [-0.4, -0.2) is 48.1 Å². The predicted octanol–water partition coefficient (Wildman–Crippen LogP) is 0.185. The molecule has 0 spiro atoms. The minimum Gasteiger partial charge on any atom is -0.338 e. The summed E-state index contributed by atoms with van der Waals surface area (Å²) < 4.78 is 22.9. The third kappa shape index (κ3) is 3.32. The normalized spacial score (nSPS) is 30.8. The fourth-order valence-corrected chi connectivity index (χ4v) is 4.50. The summed E-state index contributed by atoms with van der Waals surface area (Å²) in [6.45, 7) is 8.67. The van der Waals surface area contributed by atoms with Gasteiger partial charge in [0, 0.05) is 30.1 Å². The van der Waals surface area contributed by atoms with Crippen molar-refractivity contribution in [3.63, 3.8) is 0 Å². The van der Waals surface area contributed by atoms with E-state index in [0.717, 1.165) is 12.8 Å². The number of sulfonamides is 1. The molecule has 2 rings (SSSR count). The Balaban J connectivity index is 2.18. The Morgan fingerprint density at radius 1 is 1.20 bits per heavy atom. The second-order valence-corrected chi connectivity index (χ2v) is 9.26. The number of nitrogens with zero attached hydrogens (tertiary/aromatic N) is 1. The Bertz CT molecular complexity index is 497. The van der Waals surface area contributed by atoms with Gasteiger partial charge in [-0.05, 0) is 40.5 Å². The largest absolute Gasteiger partial charge is 0.338 e. The van der Waals surface area contributed by atoms with Crippen LogP contribution in [0.1, 0.15) is 47.0 Å². The van der Waals surface area contributed by atoms with Gasteiger partial charge in [-0.3, -0.25) is 4.79 Å². The van der Waals surface area contributed by atoms with Crippen LogP contribution in [0.5, 0.6) is 0 Å². The van der Waals surface area contributed by atoms with Crippen LogP contribution in [0.3, 0.4) is 0 Å². The number of amides is 1. The molecule has 7 heteroatoms. The van der Waals surface area contributed by atoms with Crippen molar-refractivity contribution in [2.45, 2.75) is 69.3 Å². The SMILES string of the molecule is CC1(C)CC(N2CC(S(N)(=O)=O)CC2=O)CC(C)(C)N1. The monoisotopic (exact) mass is 303 g/mol. The van der Waals surface area contributed by atoms with Crippen molar-refractivity contribution < 1.29 is 13.2 Å². The Morgan fingerprint density at radius 3 is 2.10 bits per heavy atom. The standard InChI is InChI=1S/C13H25N3O3S/c1-12(2)6-9(7-13(3,4)15-12)16-8-10(5-11(16)17)20(14,18)19/h9-10,15H,5-8H2,1-4H3,(H2,14,18,19). The lowest BCUT2D eigenvalue weighted by Gasteiger charge is -2.49. The molecule has 1 unspecified atom stereocenters. The second kappa shape index (κ2) is 4.68. The van der Waals surface area contributed by atoms with E-state index >= 15 is 0 Å². The molecule has 1 atom stereocenters. The topological polar surface area (TPSA) is 92.5 Å². The van der Waals surface area contributed by atoms with Crippen LogP contribution in [0.4, 0.5) is 0 Å². The van der Waals surface area contributed by atoms with Gasteiger partial charge in [0.1, 0.15) is 5.25 Å². The lowest BCUT2D eigenvalue weighted by molar-refractivity contribution is -0.131. The molecule has 3 N–H and O–H groups in total. The number of nitrogens with two attached hydrogens (primary N) is 1. The second-order valence-electron chi connectivity index (χ2n) is 7.42. The van der Waals surface area contributed by atoms with Crippen molar-refractivity contribution in [2.24, 2.45) is 5.14 Å². The van der Waals surface area contributed by atoms with Gasteiger partial charge in [-0.1, -0.05) is 0 Å². The van der Waals surface area contributed by atoms with Gasteiger partial charge in [0.2, 0.25) is 15.9 Å². The van der Waals surface area contributed by atoms with Crippen LogP contribution in [0.2, 0.25) is 0 Å². The van der Waals surface area contributed by atoms with Crippen LogP contribution in [0.15, 0.2) is 0 Å². The van der Waals surface area contributed by atoms with E-state index in [9.17, 15) is 13.2 Å². The maximum Gasteiger partial charge on any atom is 0.224 e. The maximum absolute atomic E-state index is 12.1. The quantitative estimate of drug-likeness (QED) is 0.761. The highest BCUT2D eigenvalue weighted by atomic mass is 32.2. The van der Waals surface area contributed by atoms with Crippen molar-refractivity contribution >= 4 is 15.9 Å². The highest BCUT2D eigenvalue weighted by Gasteiger charge is 2.45. The number of hydrogen-bond donors (Lipinski definition) is 2. The van der Waals surface area contributed by atoms with Gasteiger partial charge >= 0.3 is 0 Å². The van der Waals surface area contributed by atoms with Crippen LogP contribution >= 0.6 is 0 Å². The average Bonchev–Trinajstić information content (AvgIpc) is 2.54. The molecule has 6 nitrogen and oxygen atoms in total. The Labute approximate surface area is 121 Å². The number of carbonyl (C=O) groups is 1. The van der Waals surface area contributed by atoms with Crippen molar-refractivity contribution in [3.8, 4) is 0 Å². The number of rotatable bonds is 2. The van der Waals surface area contributed by atoms with E-state index in [1.54, 1.807) is 4.90 Å². The van der Waals surface area contributed by atoms with Gasteiger partial charge in [0.25, 0.3) is 0 Å². The summed E-state index contributed by atoms with van der Waals surface area (Å²) in [6.07, 6.45) is 1.66. The molecule has 0 bridgehead atoms. The third-order valence-corrected chi connectivity index (χ3v) is 5.44. The van der Waals surface area contributed by atoms with Crippen molar-refractivity contribution in [1.29, 1.82) is 0 Å². The van der Waals surface area contributed by atoms with E-state index in [1.165, 1.54) is 0 Å². The molecule has 0 aliphatic carbocycles. The summed E-state index contributed by atoms with van der Waals surface area (Å²) >= 11 is 0. The molecule has 2 aliphatic heterocycles. The minimum absolute atomic E-state index is 0.0175. The molecule has 0 aromatic rings. The number of likely N-dealkylation sites (tertiary alicyclic amines) is 1. The first-order valence-corrected chi connectivity index (χ1v) is 8.61. The van der Waals surface area contributed by atoms with E-state index in [2.05, 4.69) is 33.0 Å². The number of primary sulfonamides is 1. The number of nitrogens with one attached hydrogen (secondary N) is 1. The van der Waals surface area contributed by atoms with Crippen molar-refractivity contribution in [2.75, 3.05) is 6.54 Å². The molecule has 1 amide bonds. The zero-order valence-electron chi connectivity index (χ0n) is 12.6. The van der Waals surface area contributed by atoms with Gasteiger partial charge in [-0.25, -0.2) is 13.6 Å². The van der Waals surface area contributed by atoms with Gasteiger partial charge in [0.15, 0.2) is 0 Å². The zero-order chi connectivity index (χ0) is 15.3. The zero-order valence-corrected chi connectivity index (χ0v) is 13.5. The summed E-state index contributed by atoms with van der Waals surface area (Å²) in [5.41, 5.74) is -0.154. The molecule has 2 fully saturated rings. The molecular formula is C13H25N3O3S. The Kier molecular flexibility index (Phi) is 3.68. The molecule has 2 heterocycles. The first-order valence-electron chi connectivity index (χ1n) is 7.00. The molecule has 0 aromatic heterocycles. The first kappa shape index (κ1) is 15.7. The van der Waals surface area contributed by atoms with E-state index in [1.807, 2.05) is 0 Å². The average molecular weight is 303 g/mol. The smallest absolute Gasteiger partial charge is 0.224 e. The Morgan fingerprint density at radius 2 is 1.70 bits per heavy atom. The van der Waals surface area contributed by atoms with Crippen LogP contribution < -0.4 is 10.5 Å². The third-order valence-electron chi connectivity index (χ3n) is 4.20. The number of piperidine rings is 1. The molecule has 116 valence electrons. The van der Waals surface area contributed by atoms with Gasteiger partial charge in [-0.2, -0.15) is 0 Å². The highest BCUT2D eigenvalue weighted by molar-refractivity contribution is 7.89. The van der Waals surface area contributed by atoms with Crippen molar-refractivity contribution in [3.05, 3.63) is 0 Å². The molecule has 20 heavy (non-hydrogen) atoms. The van der Waals surface area contributed by atoms with E-state index in [-0.39, 0.29) is 36.0 Å². The number of carbonyl (C=O) groups excluding carboxylic acids is 1. The molecule has 2 aliphatic rings. The Hall–Kier alpha value is -0.660.